The van der Waals surface area contributed by atoms with Gasteiger partial charge in [-0.2, -0.15) is 0 Å². The van der Waals surface area contributed by atoms with Gasteiger partial charge in [0.05, 0.1) is 22.9 Å². The first-order valence-corrected chi connectivity index (χ1v) is 16.8. The predicted octanol–water partition coefficient (Wildman–Crippen LogP) is 12.7. The smallest absolute Gasteiger partial charge is 0.144 e. The first-order valence-electron chi connectivity index (χ1n) is 16.8. The van der Waals surface area contributed by atoms with E-state index in [4.69, 9.17) is 18.8 Å². The molecule has 0 bridgehead atoms. The summed E-state index contributed by atoms with van der Waals surface area (Å²) in [6.07, 6.45) is 1.90. The monoisotopic (exact) mass is 638 g/mol. The summed E-state index contributed by atoms with van der Waals surface area (Å²) < 4.78 is 13.4. The van der Waals surface area contributed by atoms with Crippen LogP contribution in [0.25, 0.3) is 110 Å². The van der Waals surface area contributed by atoms with Gasteiger partial charge >= 0.3 is 0 Å². The molecular weight excluding hydrogens is 613 g/mol. The second kappa shape index (κ2) is 10.4. The molecule has 0 saturated heterocycles. The normalized spacial score (nSPS) is 12.0. The van der Waals surface area contributed by atoms with Crippen LogP contribution in [0.15, 0.2) is 167 Å². The number of para-hydroxylation sites is 2. The van der Waals surface area contributed by atoms with Crippen molar-refractivity contribution in [1.29, 1.82) is 0 Å². The van der Waals surface area contributed by atoms with Gasteiger partial charge in [-0.05, 0) is 40.1 Å². The Balaban J connectivity index is 1.13. The molecule has 50 heavy (non-hydrogen) atoms. The molecule has 3 heterocycles. The van der Waals surface area contributed by atoms with E-state index >= 15 is 0 Å². The van der Waals surface area contributed by atoms with Gasteiger partial charge in [0.2, 0.25) is 0 Å². The molecule has 4 nitrogen and oxygen atoms in total. The molecule has 4 heteroatoms. The fourth-order valence-electron chi connectivity index (χ4n) is 7.85. The predicted molar refractivity (Wildman–Crippen MR) is 205 cm³/mol. The third-order valence-corrected chi connectivity index (χ3v) is 10.1. The molecule has 0 saturated carbocycles. The van der Waals surface area contributed by atoms with E-state index in [-0.39, 0.29) is 0 Å². The van der Waals surface area contributed by atoms with E-state index in [1.165, 1.54) is 10.8 Å². The van der Waals surface area contributed by atoms with Crippen LogP contribution in [0, 0.1) is 0 Å². The minimum absolute atomic E-state index is 0.829. The number of nitrogens with zero attached hydrogens (tertiary/aromatic N) is 2. The maximum absolute atomic E-state index is 6.85. The van der Waals surface area contributed by atoms with Crippen molar-refractivity contribution >= 4 is 76.5 Å². The lowest BCUT2D eigenvalue weighted by atomic mass is 9.95. The lowest BCUT2D eigenvalue weighted by Crippen LogP contribution is -1.92. The molecule has 0 aliphatic carbocycles. The van der Waals surface area contributed by atoms with Gasteiger partial charge in [0.1, 0.15) is 22.3 Å². The Bertz CT molecular complexity index is 3120. The second-order valence-electron chi connectivity index (χ2n) is 12.9. The fraction of sp³-hybridized carbons (Fsp3) is 0. The first-order chi connectivity index (χ1) is 24.8. The molecule has 3 aromatic heterocycles. The van der Waals surface area contributed by atoms with Gasteiger partial charge in [0.15, 0.2) is 0 Å². The van der Waals surface area contributed by atoms with Crippen molar-refractivity contribution in [2.24, 2.45) is 0 Å². The maximum atomic E-state index is 6.85. The number of fused-ring (bicyclic) bond motifs is 12. The molecule has 11 rings (SSSR count). The minimum Gasteiger partial charge on any atom is -0.455 e. The highest BCUT2D eigenvalue weighted by Gasteiger charge is 2.22. The van der Waals surface area contributed by atoms with Crippen molar-refractivity contribution in [2.75, 3.05) is 0 Å². The van der Waals surface area contributed by atoms with Crippen molar-refractivity contribution in [1.82, 2.24) is 9.97 Å². The summed E-state index contributed by atoms with van der Waals surface area (Å²) in [7, 11) is 0. The molecule has 0 aliphatic rings. The van der Waals surface area contributed by atoms with Crippen LogP contribution in [0.4, 0.5) is 0 Å². The van der Waals surface area contributed by atoms with Crippen molar-refractivity contribution in [3.8, 4) is 33.5 Å². The van der Waals surface area contributed by atoms with Crippen LogP contribution in [-0.2, 0) is 0 Å². The summed E-state index contributed by atoms with van der Waals surface area (Å²) >= 11 is 0. The van der Waals surface area contributed by atoms with E-state index in [1.807, 2.05) is 24.4 Å². The Hall–Kier alpha value is -6.78. The number of furan rings is 2. The van der Waals surface area contributed by atoms with E-state index in [0.29, 0.717) is 0 Å². The highest BCUT2D eigenvalue weighted by molar-refractivity contribution is 6.25. The zero-order valence-corrected chi connectivity index (χ0v) is 26.7. The average Bonchev–Trinajstić information content (AvgIpc) is 3.75. The van der Waals surface area contributed by atoms with Gasteiger partial charge in [-0.3, -0.25) is 4.98 Å². The number of hydrogen-bond donors (Lipinski definition) is 0. The molecule has 0 aliphatic heterocycles. The van der Waals surface area contributed by atoms with Gasteiger partial charge in [-0.25, -0.2) is 4.98 Å². The molecule has 0 amide bonds. The largest absolute Gasteiger partial charge is 0.455 e. The first kappa shape index (κ1) is 27.2. The van der Waals surface area contributed by atoms with Crippen LogP contribution < -0.4 is 0 Å². The molecular formula is C46H26N2O2. The third-order valence-electron chi connectivity index (χ3n) is 10.1. The number of benzene rings is 8. The van der Waals surface area contributed by atoms with E-state index < -0.39 is 0 Å². The summed E-state index contributed by atoms with van der Waals surface area (Å²) in [6.45, 7) is 0. The van der Waals surface area contributed by atoms with Crippen LogP contribution >= 0.6 is 0 Å². The molecule has 0 fully saturated rings. The van der Waals surface area contributed by atoms with Crippen molar-refractivity contribution in [3.05, 3.63) is 158 Å². The second-order valence-corrected chi connectivity index (χ2v) is 12.9. The Kier molecular flexibility index (Phi) is 5.63. The topological polar surface area (TPSA) is 52.1 Å². The summed E-state index contributed by atoms with van der Waals surface area (Å²) in [5.41, 5.74) is 11.3. The molecule has 0 atom stereocenters. The minimum atomic E-state index is 0.829. The van der Waals surface area contributed by atoms with Crippen molar-refractivity contribution in [3.63, 3.8) is 0 Å². The summed E-state index contributed by atoms with van der Waals surface area (Å²) in [5, 5.41) is 8.81. The van der Waals surface area contributed by atoms with Crippen LogP contribution in [0.5, 0.6) is 0 Å². The van der Waals surface area contributed by atoms with Crippen LogP contribution in [0.1, 0.15) is 0 Å². The van der Waals surface area contributed by atoms with Gasteiger partial charge < -0.3 is 8.83 Å². The summed E-state index contributed by atoms with van der Waals surface area (Å²) in [6, 6.07) is 52.7. The van der Waals surface area contributed by atoms with Crippen LogP contribution in [0.3, 0.4) is 0 Å². The van der Waals surface area contributed by atoms with E-state index in [0.717, 1.165) is 99.2 Å². The lowest BCUT2D eigenvalue weighted by Gasteiger charge is -2.11. The molecule has 11 aromatic rings. The summed E-state index contributed by atoms with van der Waals surface area (Å²) in [5.74, 6) is 0. The molecule has 232 valence electrons. The van der Waals surface area contributed by atoms with Crippen LogP contribution in [-0.4, -0.2) is 9.97 Å². The number of rotatable bonds is 3. The molecule has 0 N–H and O–H groups in total. The average molecular weight is 639 g/mol. The fourth-order valence-corrected chi connectivity index (χ4v) is 7.85. The van der Waals surface area contributed by atoms with Crippen molar-refractivity contribution in [2.45, 2.75) is 0 Å². The van der Waals surface area contributed by atoms with Crippen molar-refractivity contribution < 1.29 is 8.83 Å². The zero-order valence-electron chi connectivity index (χ0n) is 26.7. The van der Waals surface area contributed by atoms with E-state index in [9.17, 15) is 0 Å². The molecule has 0 spiro atoms. The standard InChI is InChI=1S/C46H26N2O2/c1-2-12-27(13-3-1)41-42-36-22-11-21-30(45(36)50-40(42)25-37-33-18-8-9-23-39(33)49-46(37)41)28-14-10-15-29(24-28)38-26-47-43-34-19-6-4-16-31(34)32-17-5-7-20-35(32)44(43)48-38/h1-26H. The van der Waals surface area contributed by atoms with Gasteiger partial charge in [-0.15, -0.1) is 0 Å². The Labute approximate surface area is 285 Å². The van der Waals surface area contributed by atoms with Gasteiger partial charge in [0.25, 0.3) is 0 Å². The zero-order chi connectivity index (χ0) is 32.8. The van der Waals surface area contributed by atoms with E-state index in [2.05, 4.69) is 133 Å². The Morgan fingerprint density at radius 3 is 1.84 bits per heavy atom. The summed E-state index contributed by atoms with van der Waals surface area (Å²) in [4.78, 5) is 10.3. The third kappa shape index (κ3) is 3.87. The van der Waals surface area contributed by atoms with Crippen LogP contribution in [0.2, 0.25) is 0 Å². The highest BCUT2D eigenvalue weighted by Crippen LogP contribution is 2.46. The molecule has 0 radical (unpaired) electrons. The SMILES string of the molecule is c1ccc(-c2c3oc4ccccc4c3cc3oc4c(-c5cccc(-c6cnc7c8ccccc8c8ccccc8c7n6)c5)cccc4c23)cc1. The van der Waals surface area contributed by atoms with Gasteiger partial charge in [0, 0.05) is 49.0 Å². The quantitative estimate of drug-likeness (QED) is 0.181. The Morgan fingerprint density at radius 2 is 1.02 bits per heavy atom. The molecule has 0 unspecified atom stereocenters. The number of hydrogen-bond acceptors (Lipinski definition) is 4. The maximum Gasteiger partial charge on any atom is 0.144 e. The highest BCUT2D eigenvalue weighted by atomic mass is 16.3. The van der Waals surface area contributed by atoms with E-state index in [1.54, 1.807) is 0 Å². The lowest BCUT2D eigenvalue weighted by molar-refractivity contribution is 0.665. The Morgan fingerprint density at radius 1 is 0.400 bits per heavy atom. The molecule has 8 aromatic carbocycles. The number of aromatic nitrogens is 2. The van der Waals surface area contributed by atoms with Gasteiger partial charge in [-0.1, -0.05) is 133 Å².